The fourth-order valence-corrected chi connectivity index (χ4v) is 41.3. The van der Waals surface area contributed by atoms with Crippen LogP contribution in [0.15, 0.2) is 117 Å². The van der Waals surface area contributed by atoms with Gasteiger partial charge in [0, 0.05) is 0 Å². The van der Waals surface area contributed by atoms with Crippen LogP contribution in [0.3, 0.4) is 0 Å². The van der Waals surface area contributed by atoms with Crippen molar-refractivity contribution >= 4 is 117 Å². The van der Waals surface area contributed by atoms with Crippen LogP contribution in [-0.4, -0.2) is 157 Å². The molecule has 0 N–H and O–H groups in total. The molecule has 6 aliphatic rings. The number of quaternary nitrogens is 2. The van der Waals surface area contributed by atoms with E-state index in [1.54, 1.807) is 0 Å². The third kappa shape index (κ3) is 20.9. The van der Waals surface area contributed by atoms with E-state index in [9.17, 15) is 75.5 Å². The van der Waals surface area contributed by atoms with Crippen molar-refractivity contribution in [2.45, 2.75) is 109 Å². The number of aromatic nitrogens is 2. The Bertz CT molecular complexity index is 4470. The summed E-state index contributed by atoms with van der Waals surface area (Å²) in [6.07, 6.45) is -0.398. The van der Waals surface area contributed by atoms with E-state index in [1.807, 2.05) is 97.1 Å². The van der Waals surface area contributed by atoms with Gasteiger partial charge in [0.2, 0.25) is 0 Å². The molecule has 26 nitrogen and oxygen atoms in total. The number of aliphatic carboxylic acids is 1. The van der Waals surface area contributed by atoms with Crippen LogP contribution in [0.5, 0.6) is 0 Å². The maximum Gasteiger partial charge on any atom is 1.00 e. The number of hydrogen-bond donors (Lipinski definition) is 0. The quantitative estimate of drug-likeness (QED) is 0.0116. The normalized spacial score (nSPS) is 16.7. The van der Waals surface area contributed by atoms with E-state index in [1.165, 1.54) is 0 Å². The van der Waals surface area contributed by atoms with Gasteiger partial charge in [0.25, 0.3) is 0 Å². The van der Waals surface area contributed by atoms with Gasteiger partial charge in [-0.15, -0.1) is 0 Å². The zero-order valence-corrected chi connectivity index (χ0v) is 91.0. The molecule has 0 bridgehead atoms. The fourth-order valence-electron chi connectivity index (χ4n) is 16.9. The molecule has 0 saturated heterocycles. The van der Waals surface area contributed by atoms with E-state index in [2.05, 4.69) is 50.1 Å². The summed E-state index contributed by atoms with van der Waals surface area (Å²) in [5, 5.41) is 14.5. The van der Waals surface area contributed by atoms with Gasteiger partial charge >= 0.3 is 847 Å². The standard InChI is InChI=1S/C63H88N10O16P4Si3.10Na/c1-6-33-72(35-18-41-90(76,77)78,34-17-7-8-32-55(74)75)39-22-45-94(2,3)88-96(89-95(4,5)46-23-40-73(36-19-42-91(79,80)81,37-20-43-92(82,83)84)38-21-44-93(85,86)87)68-56-47-24-9-10-25-48(47)57(68)65-59-51-28-13-14-29-52(51)61(70(59)96)67-63-54-31-16-15-30-53(54)62(71(63)96)66-60-50-27-12-11-26-49(50)58(64-56)69(60)96;;;;;;;;;;/h9-16,24-31H,1,6-8,17-23,32-46H2,2-5H3,(H8-,74,75,76,77,78,79,80,81,82,83,84,85,86,87);;;;;;;;;;/q;10*+1/p-8. The van der Waals surface area contributed by atoms with Crippen LogP contribution in [0.4, 0.5) is 11.6 Å². The third-order valence-electron chi connectivity index (χ3n) is 20.3. The van der Waals surface area contributed by atoms with E-state index in [0.29, 0.717) is 115 Å². The number of carbonyl (C=O) groups is 1. The number of carboxylic acid groups (broad SMARTS) is 1. The first-order chi connectivity index (χ1) is 45.1. The molecule has 4 aromatic carbocycles. The predicted octanol–water partition coefficient (Wildman–Crippen LogP) is -28.0. The first-order valence-electron chi connectivity index (χ1n) is 33.1. The van der Waals surface area contributed by atoms with Gasteiger partial charge in [-0.25, -0.2) is 0 Å². The largest absolute Gasteiger partial charge is 1.00 e. The molecule has 1 atom stereocenters. The molecule has 0 radical (unpaired) electrons. The number of unbranched alkanes of at least 4 members (excludes halogenated alkanes) is 2. The van der Waals surface area contributed by atoms with Gasteiger partial charge in [-0.3, -0.25) is 0 Å². The summed E-state index contributed by atoms with van der Waals surface area (Å²) in [5.74, 6) is 1.80. The molecule has 6 aliphatic heterocycles. The Hall–Kier alpha value is 4.80. The van der Waals surface area contributed by atoms with Crippen LogP contribution in [0.25, 0.3) is 21.5 Å². The molecule has 12 rings (SSSR count). The summed E-state index contributed by atoms with van der Waals surface area (Å²) in [7, 11) is -34.9. The molecule has 2 aromatic heterocycles. The smallest absolute Gasteiger partial charge is 1.00 e. The molecule has 0 fully saturated rings. The minimum Gasteiger partial charge on any atom is 1.00 e. The maximum atomic E-state index is 12.3. The molecule has 106 heavy (non-hydrogen) atoms. The molecule has 0 amide bonds. The molecule has 1 unspecified atom stereocenters. The molecule has 6 aromatic rings. The third-order valence-corrected chi connectivity index (χ3v) is 40.5. The van der Waals surface area contributed by atoms with Crippen molar-refractivity contribution in [1.29, 1.82) is 0 Å². The molecule has 0 saturated carbocycles. The Morgan fingerprint density at radius 3 is 1.08 bits per heavy atom. The number of rotatable bonds is 36. The number of hydrogen-bond acceptors (Lipinski definition) is 20. The van der Waals surface area contributed by atoms with Crippen LogP contribution in [0, 0.1) is 6.92 Å². The second-order valence-electron chi connectivity index (χ2n) is 28.2. The number of carboxylic acids is 1. The van der Waals surface area contributed by atoms with Gasteiger partial charge < -0.3 is 9.90 Å². The van der Waals surface area contributed by atoms with Gasteiger partial charge in [-0.2, -0.15) is 0 Å². The van der Waals surface area contributed by atoms with Crippen molar-refractivity contribution in [3.8, 4) is 0 Å². The average Bonchev–Trinajstić information content (AvgIpc) is 1.31. The Kier molecular flexibility index (Phi) is 41.5. The average molecular weight is 1670 g/mol. The summed E-state index contributed by atoms with van der Waals surface area (Å²) in [6.45, 7) is 14.9. The molecule has 8 heterocycles. The molecular formula is C63H80N10Na10O16P4Si3+2. The van der Waals surface area contributed by atoms with E-state index in [0.717, 1.165) is 43.8 Å². The second kappa shape index (κ2) is 41.1. The molecule has 518 valence electrons. The van der Waals surface area contributed by atoms with Crippen molar-refractivity contribution < 1.29 is 389 Å². The number of fused-ring (bicyclic) bond motifs is 12. The Labute approximate surface area is 843 Å². The van der Waals surface area contributed by atoms with Crippen LogP contribution >= 0.6 is 30.4 Å². The molecule has 0 aliphatic carbocycles. The Balaban J connectivity index is 0.00000382. The van der Waals surface area contributed by atoms with Crippen molar-refractivity contribution in [3.63, 3.8) is 0 Å². The van der Waals surface area contributed by atoms with Gasteiger partial charge in [0.1, 0.15) is 0 Å². The summed E-state index contributed by atoms with van der Waals surface area (Å²) >= 11 is 0. The number of aliphatic imine (C=N–C) groups is 2. The van der Waals surface area contributed by atoms with Crippen LogP contribution in [0.2, 0.25) is 38.3 Å². The van der Waals surface area contributed by atoms with Gasteiger partial charge in [0.05, 0.1) is 0 Å². The molecule has 1 spiro atoms. The predicted molar refractivity (Wildman–Crippen MR) is 354 cm³/mol. The van der Waals surface area contributed by atoms with Crippen molar-refractivity contribution in [2.24, 2.45) is 20.0 Å². The van der Waals surface area contributed by atoms with E-state index < -0.39 is 85.4 Å². The van der Waals surface area contributed by atoms with E-state index in [4.69, 9.17) is 20.0 Å². The van der Waals surface area contributed by atoms with Crippen LogP contribution in [0.1, 0.15) is 92.9 Å². The summed E-state index contributed by atoms with van der Waals surface area (Å²) < 4.78 is 76.8. The zero-order valence-electron chi connectivity index (χ0n) is 64.4. The molecular weight excluding hydrogens is 1590 g/mol. The van der Waals surface area contributed by atoms with Crippen molar-refractivity contribution in [3.05, 3.63) is 137 Å². The van der Waals surface area contributed by atoms with Gasteiger partial charge in [0.15, 0.2) is 0 Å². The summed E-state index contributed by atoms with van der Waals surface area (Å²) in [5.41, 5.74) is 3.95. The topological polar surface area (TPSA) is 377 Å². The van der Waals surface area contributed by atoms with Crippen molar-refractivity contribution in [1.82, 2.24) is 8.47 Å². The Morgan fingerprint density at radius 1 is 0.434 bits per heavy atom. The minimum absolute atomic E-state index is 0. The monoisotopic (exact) mass is 1670 g/mol. The second-order valence-corrected chi connectivity index (χ2v) is 49.1. The number of amidine groups is 4. The molecule has 43 heteroatoms. The van der Waals surface area contributed by atoms with Gasteiger partial charge in [-0.1, -0.05) is 0 Å². The summed E-state index contributed by atoms with van der Waals surface area (Å²) in [4.78, 5) is 133. The van der Waals surface area contributed by atoms with E-state index in [-0.39, 0.29) is 371 Å². The van der Waals surface area contributed by atoms with Crippen LogP contribution in [-0.2, 0) is 31.3 Å². The van der Waals surface area contributed by atoms with Gasteiger partial charge in [-0.05, 0) is 0 Å². The number of benzene rings is 4. The Morgan fingerprint density at radius 2 is 0.745 bits per heavy atom. The first kappa shape index (κ1) is 107. The first-order valence-corrected chi connectivity index (χ1v) is 48.8. The minimum atomic E-state index is -7.38. The van der Waals surface area contributed by atoms with Crippen LogP contribution < -0.4 is 351 Å². The zero-order chi connectivity index (χ0) is 68.8. The summed E-state index contributed by atoms with van der Waals surface area (Å²) in [6, 6.07) is 32.5. The van der Waals surface area contributed by atoms with Crippen molar-refractivity contribution in [2.75, 3.05) is 77.0 Å². The van der Waals surface area contributed by atoms with E-state index >= 15 is 0 Å². The number of carbonyl (C=O) groups excluding carboxylic acids is 1. The number of nitrogens with zero attached hydrogens (tertiary/aromatic N) is 10. The fraction of sp³-hybridized carbons (Fsp3) is 0.460. The SMILES string of the molecule is [CH2-]CC[N+](CCCCCC(=O)[O-])(CCC[Si](C)(C)O[Si-2]123(O[Si](C)(C)CCC[N+](CCCP(=O)([O-])[O-])(CCCP(=O)([O-])[O-])CCCP(=O)([O-])[O-])n4c5c6ccccc6c4N=C4c6ccccc6C(=[N+]41)N=c1c4ccccc4c(n12)=NC1=[N+]3C(=N5)c2ccccc21)CCCP(=O)([O-])[O-].[Na+].[Na+].[Na+].[Na+].[Na+].[Na+].[Na+].[Na+].[Na+].[Na+]. The maximum absolute atomic E-state index is 12.3.